The number of aliphatic carboxylic acids is 1. The van der Waals surface area contributed by atoms with Gasteiger partial charge in [0.05, 0.1) is 10.3 Å². The van der Waals surface area contributed by atoms with Crippen molar-refractivity contribution in [1.82, 2.24) is 0 Å². The van der Waals surface area contributed by atoms with E-state index in [0.717, 1.165) is 0 Å². The van der Waals surface area contributed by atoms with Crippen molar-refractivity contribution >= 4 is 23.3 Å². The molecule has 0 aromatic heterocycles. The summed E-state index contributed by atoms with van der Waals surface area (Å²) in [5, 5.41) is 19.5. The summed E-state index contributed by atoms with van der Waals surface area (Å²) in [5.74, 6) is -1.02. The molecule has 0 spiro atoms. The third kappa shape index (κ3) is 2.14. The molecule has 1 rings (SSSR count). The molecule has 0 bridgehead atoms. The van der Waals surface area contributed by atoms with Gasteiger partial charge in [-0.25, -0.2) is 0 Å². The highest BCUT2D eigenvalue weighted by Gasteiger charge is 2.30. The zero-order valence-electron chi connectivity index (χ0n) is 8.73. The van der Waals surface area contributed by atoms with Crippen LogP contribution in [0.3, 0.4) is 0 Å². The summed E-state index contributed by atoms with van der Waals surface area (Å²) in [6, 6.07) is 3.92. The van der Waals surface area contributed by atoms with E-state index in [4.69, 9.17) is 16.7 Å². The van der Waals surface area contributed by atoms with Crippen molar-refractivity contribution in [2.45, 2.75) is 19.3 Å². The van der Waals surface area contributed by atoms with Gasteiger partial charge in [0, 0.05) is 6.07 Å². The number of benzene rings is 1. The molecule has 1 aromatic rings. The molecule has 0 aliphatic carbocycles. The van der Waals surface area contributed by atoms with E-state index < -0.39 is 16.3 Å². The van der Waals surface area contributed by atoms with Crippen molar-refractivity contribution in [3.8, 4) is 0 Å². The zero-order valence-corrected chi connectivity index (χ0v) is 9.49. The van der Waals surface area contributed by atoms with E-state index in [0.29, 0.717) is 5.56 Å². The molecular formula is C10H10ClNO4. The molecule has 0 amide bonds. The van der Waals surface area contributed by atoms with Crippen molar-refractivity contribution < 1.29 is 14.8 Å². The smallest absolute Gasteiger partial charge is 0.313 e. The van der Waals surface area contributed by atoms with Gasteiger partial charge in [0.25, 0.3) is 5.69 Å². The van der Waals surface area contributed by atoms with Crippen molar-refractivity contribution in [2.75, 3.05) is 0 Å². The van der Waals surface area contributed by atoms with Gasteiger partial charge in [-0.15, -0.1) is 0 Å². The van der Waals surface area contributed by atoms with Gasteiger partial charge in [-0.05, 0) is 25.5 Å². The van der Waals surface area contributed by atoms with Crippen LogP contribution in [0, 0.1) is 10.1 Å². The first-order chi connectivity index (χ1) is 7.26. The summed E-state index contributed by atoms with van der Waals surface area (Å²) in [6.07, 6.45) is 0. The van der Waals surface area contributed by atoms with Gasteiger partial charge in [0.15, 0.2) is 0 Å². The fourth-order valence-electron chi connectivity index (χ4n) is 1.17. The Morgan fingerprint density at radius 2 is 2.06 bits per heavy atom. The van der Waals surface area contributed by atoms with Crippen LogP contribution in [-0.4, -0.2) is 16.0 Å². The maximum absolute atomic E-state index is 11.0. The second kappa shape index (κ2) is 4.09. The van der Waals surface area contributed by atoms with E-state index in [9.17, 15) is 14.9 Å². The number of nitro groups is 1. The van der Waals surface area contributed by atoms with Crippen LogP contribution in [0.25, 0.3) is 0 Å². The molecular weight excluding hydrogens is 234 g/mol. The highest BCUT2D eigenvalue weighted by atomic mass is 35.5. The zero-order chi connectivity index (χ0) is 12.5. The Balaban J connectivity index is 3.26. The summed E-state index contributed by atoms with van der Waals surface area (Å²) in [4.78, 5) is 20.9. The highest BCUT2D eigenvalue weighted by molar-refractivity contribution is 6.32. The minimum absolute atomic E-state index is 0.0585. The number of halogens is 1. The molecule has 0 aliphatic rings. The van der Waals surface area contributed by atoms with Gasteiger partial charge in [-0.3, -0.25) is 14.9 Å². The van der Waals surface area contributed by atoms with Gasteiger partial charge in [-0.1, -0.05) is 17.7 Å². The predicted octanol–water partition coefficient (Wildman–Crippen LogP) is 2.61. The van der Waals surface area contributed by atoms with Crippen LogP contribution in [0.2, 0.25) is 5.02 Å². The molecule has 0 saturated heterocycles. The Labute approximate surface area is 96.8 Å². The number of nitrogens with zero attached hydrogens (tertiary/aromatic N) is 1. The molecule has 0 saturated carbocycles. The topological polar surface area (TPSA) is 80.4 Å². The molecule has 6 heteroatoms. The number of rotatable bonds is 3. The molecule has 0 aliphatic heterocycles. The SMILES string of the molecule is CC(C)(C(=O)O)c1ccc([N+](=O)[O-])c(Cl)c1. The summed E-state index contributed by atoms with van der Waals surface area (Å²) in [7, 11) is 0. The summed E-state index contributed by atoms with van der Waals surface area (Å²) >= 11 is 5.70. The quantitative estimate of drug-likeness (QED) is 0.654. The molecule has 1 N–H and O–H groups in total. The molecule has 0 heterocycles. The van der Waals surface area contributed by atoms with Crippen LogP contribution in [-0.2, 0) is 10.2 Å². The maximum Gasteiger partial charge on any atom is 0.313 e. The van der Waals surface area contributed by atoms with Gasteiger partial charge >= 0.3 is 5.97 Å². The van der Waals surface area contributed by atoms with Crippen molar-refractivity contribution in [2.24, 2.45) is 0 Å². The third-order valence-corrected chi connectivity index (χ3v) is 2.70. The number of carbonyl (C=O) groups is 1. The first-order valence-electron chi connectivity index (χ1n) is 4.44. The Morgan fingerprint density at radius 1 is 1.50 bits per heavy atom. The molecule has 0 atom stereocenters. The fraction of sp³-hybridized carbons (Fsp3) is 0.300. The number of carboxylic acids is 1. The van der Waals surface area contributed by atoms with E-state index in [2.05, 4.69) is 0 Å². The van der Waals surface area contributed by atoms with Gasteiger partial charge in [0.1, 0.15) is 5.02 Å². The summed E-state index contributed by atoms with van der Waals surface area (Å²) in [5.41, 5.74) is -0.930. The van der Waals surface area contributed by atoms with Crippen LogP contribution in [0.5, 0.6) is 0 Å². The van der Waals surface area contributed by atoms with E-state index in [1.165, 1.54) is 32.0 Å². The number of hydrogen-bond donors (Lipinski definition) is 1. The van der Waals surface area contributed by atoms with E-state index in [1.807, 2.05) is 0 Å². The summed E-state index contributed by atoms with van der Waals surface area (Å²) < 4.78 is 0. The minimum atomic E-state index is -1.13. The lowest BCUT2D eigenvalue weighted by atomic mass is 9.85. The number of nitro benzene ring substituents is 1. The highest BCUT2D eigenvalue weighted by Crippen LogP contribution is 2.31. The Kier molecular flexibility index (Phi) is 3.19. The molecule has 0 radical (unpaired) electrons. The second-order valence-corrected chi connectivity index (χ2v) is 4.26. The lowest BCUT2D eigenvalue weighted by Crippen LogP contribution is -2.28. The molecule has 86 valence electrons. The third-order valence-electron chi connectivity index (χ3n) is 2.40. The largest absolute Gasteiger partial charge is 0.481 e. The standard InChI is InChI=1S/C10H10ClNO4/c1-10(2,9(13)14)6-3-4-8(12(15)16)7(11)5-6/h3-5H,1-2H3,(H,13,14). The first-order valence-corrected chi connectivity index (χ1v) is 4.82. The normalized spacial score (nSPS) is 11.2. The first kappa shape index (κ1) is 12.4. The van der Waals surface area contributed by atoms with Gasteiger partial charge in [0.2, 0.25) is 0 Å². The second-order valence-electron chi connectivity index (χ2n) is 3.85. The van der Waals surface area contributed by atoms with E-state index in [1.54, 1.807) is 0 Å². The number of hydrogen-bond acceptors (Lipinski definition) is 3. The molecule has 0 unspecified atom stereocenters. The minimum Gasteiger partial charge on any atom is -0.481 e. The Morgan fingerprint density at radius 3 is 2.44 bits per heavy atom. The van der Waals surface area contributed by atoms with E-state index in [-0.39, 0.29) is 10.7 Å². The Bertz CT molecular complexity index is 456. The average molecular weight is 244 g/mol. The van der Waals surface area contributed by atoms with Crippen LogP contribution in [0.4, 0.5) is 5.69 Å². The predicted molar refractivity (Wildman–Crippen MR) is 58.8 cm³/mol. The van der Waals surface area contributed by atoms with Crippen LogP contribution < -0.4 is 0 Å². The molecule has 16 heavy (non-hydrogen) atoms. The Hall–Kier alpha value is -1.62. The monoisotopic (exact) mass is 243 g/mol. The maximum atomic E-state index is 11.0. The van der Waals surface area contributed by atoms with Gasteiger partial charge in [-0.2, -0.15) is 0 Å². The lowest BCUT2D eigenvalue weighted by molar-refractivity contribution is -0.384. The van der Waals surface area contributed by atoms with E-state index >= 15 is 0 Å². The van der Waals surface area contributed by atoms with Crippen molar-refractivity contribution in [3.63, 3.8) is 0 Å². The average Bonchev–Trinajstić information content (AvgIpc) is 2.16. The van der Waals surface area contributed by atoms with Gasteiger partial charge < -0.3 is 5.11 Å². The van der Waals surface area contributed by atoms with Crippen molar-refractivity contribution in [3.05, 3.63) is 38.9 Å². The van der Waals surface area contributed by atoms with Crippen LogP contribution in [0.15, 0.2) is 18.2 Å². The van der Waals surface area contributed by atoms with Crippen LogP contribution >= 0.6 is 11.6 Å². The van der Waals surface area contributed by atoms with Crippen molar-refractivity contribution in [1.29, 1.82) is 0 Å². The summed E-state index contributed by atoms with van der Waals surface area (Å²) in [6.45, 7) is 3.01. The fourth-order valence-corrected chi connectivity index (χ4v) is 1.42. The molecule has 0 fully saturated rings. The molecule has 1 aromatic carbocycles. The molecule has 5 nitrogen and oxygen atoms in total. The van der Waals surface area contributed by atoms with Crippen LogP contribution in [0.1, 0.15) is 19.4 Å². The number of carboxylic acid groups (broad SMARTS) is 1. The lowest BCUT2D eigenvalue weighted by Gasteiger charge is -2.19.